The summed E-state index contributed by atoms with van der Waals surface area (Å²) in [6.07, 6.45) is 0.257. The van der Waals surface area contributed by atoms with Crippen LogP contribution in [0.15, 0.2) is 0 Å². The van der Waals surface area contributed by atoms with E-state index < -0.39 is 10.0 Å². The van der Waals surface area contributed by atoms with Crippen LogP contribution in [0.4, 0.5) is 0 Å². The zero-order valence-electron chi connectivity index (χ0n) is 6.06. The van der Waals surface area contributed by atoms with Crippen molar-refractivity contribution in [2.75, 3.05) is 0 Å². The Bertz CT molecular complexity index is 188. The molecule has 1 fully saturated rings. The summed E-state index contributed by atoms with van der Waals surface area (Å²) < 4.78 is -1.86. The van der Waals surface area contributed by atoms with E-state index in [0.717, 1.165) is 12.8 Å². The van der Waals surface area contributed by atoms with E-state index in [4.69, 9.17) is 39.9 Å². The Labute approximate surface area is 85.0 Å². The van der Waals surface area contributed by atoms with Crippen molar-refractivity contribution < 1.29 is 9.90 Å². The van der Waals surface area contributed by atoms with Crippen LogP contribution in [0.3, 0.4) is 0 Å². The molecule has 1 aliphatic carbocycles. The number of carbonyl (C=O) groups is 1. The number of carbonyl (C=O) groups excluding carboxylic acids is 1. The van der Waals surface area contributed by atoms with Crippen molar-refractivity contribution in [2.45, 2.75) is 22.9 Å². The molecule has 2 N–H and O–H groups in total. The zero-order chi connectivity index (χ0) is 9.35. The lowest BCUT2D eigenvalue weighted by molar-refractivity contribution is -0.125. The topological polar surface area (TPSA) is 49.3 Å². The molecular weight excluding hydrogens is 224 g/mol. The van der Waals surface area contributed by atoms with E-state index in [1.165, 1.54) is 0 Å². The van der Waals surface area contributed by atoms with Crippen LogP contribution in [0, 0.1) is 5.92 Å². The van der Waals surface area contributed by atoms with Crippen LogP contribution in [-0.4, -0.2) is 21.0 Å². The third-order valence-corrected chi connectivity index (χ3v) is 2.16. The second-order valence-electron chi connectivity index (χ2n) is 2.73. The first kappa shape index (κ1) is 10.4. The second kappa shape index (κ2) is 3.58. The van der Waals surface area contributed by atoms with Gasteiger partial charge in [-0.3, -0.25) is 4.79 Å². The van der Waals surface area contributed by atoms with Crippen molar-refractivity contribution in [2.24, 2.45) is 5.92 Å². The van der Waals surface area contributed by atoms with Gasteiger partial charge in [-0.15, -0.1) is 0 Å². The van der Waals surface area contributed by atoms with E-state index in [1.54, 1.807) is 0 Å². The monoisotopic (exact) mass is 231 g/mol. The van der Waals surface area contributed by atoms with Crippen LogP contribution >= 0.6 is 34.8 Å². The number of halogens is 3. The third kappa shape index (κ3) is 2.98. The molecule has 0 bridgehead atoms. The predicted molar refractivity (Wildman–Crippen MR) is 47.2 cm³/mol. The summed E-state index contributed by atoms with van der Waals surface area (Å²) >= 11 is 16.0. The van der Waals surface area contributed by atoms with E-state index in [1.807, 2.05) is 0 Å². The molecule has 1 rings (SSSR count). The van der Waals surface area contributed by atoms with Gasteiger partial charge in [-0.05, 0) is 12.8 Å². The van der Waals surface area contributed by atoms with Crippen molar-refractivity contribution in [1.82, 2.24) is 5.32 Å². The number of nitrogens with one attached hydrogen (secondary N) is 1. The molecule has 70 valence electrons. The second-order valence-corrected chi connectivity index (χ2v) is 5.10. The van der Waals surface area contributed by atoms with Crippen LogP contribution in [0.5, 0.6) is 0 Å². The fourth-order valence-electron chi connectivity index (χ4n) is 0.680. The molecule has 0 saturated heterocycles. The highest BCUT2D eigenvalue weighted by Gasteiger charge is 2.36. The van der Waals surface area contributed by atoms with Crippen LogP contribution in [0.25, 0.3) is 0 Å². The largest absolute Gasteiger partial charge is 0.369 e. The maximum absolute atomic E-state index is 11.0. The summed E-state index contributed by atoms with van der Waals surface area (Å²) in [6, 6.07) is 0. The van der Waals surface area contributed by atoms with Gasteiger partial charge in [0.2, 0.25) is 9.70 Å². The molecule has 6 heteroatoms. The number of alkyl halides is 3. The van der Waals surface area contributed by atoms with Crippen molar-refractivity contribution in [3.05, 3.63) is 0 Å². The Hall–Kier alpha value is 0.300. The van der Waals surface area contributed by atoms with Gasteiger partial charge in [0.05, 0.1) is 0 Å². The fraction of sp³-hybridized carbons (Fsp3) is 0.833. The van der Waals surface area contributed by atoms with Crippen molar-refractivity contribution in [1.29, 1.82) is 0 Å². The highest BCUT2D eigenvalue weighted by molar-refractivity contribution is 6.68. The Balaban J connectivity index is 2.34. The van der Waals surface area contributed by atoms with Gasteiger partial charge in [0.15, 0.2) is 6.23 Å². The molecule has 3 nitrogen and oxygen atoms in total. The van der Waals surface area contributed by atoms with E-state index >= 15 is 0 Å². The lowest BCUT2D eigenvalue weighted by atomic mass is 10.4. The molecule has 0 heterocycles. The summed E-state index contributed by atoms with van der Waals surface area (Å²) in [4.78, 5) is 11.0. The summed E-state index contributed by atoms with van der Waals surface area (Å²) in [5, 5.41) is 11.3. The molecule has 1 unspecified atom stereocenters. The number of rotatable bonds is 2. The van der Waals surface area contributed by atoms with Crippen molar-refractivity contribution >= 4 is 40.7 Å². The molecule has 0 aliphatic heterocycles. The lowest BCUT2D eigenvalue weighted by Crippen LogP contribution is -2.44. The third-order valence-electron chi connectivity index (χ3n) is 1.54. The smallest absolute Gasteiger partial charge is 0.234 e. The van der Waals surface area contributed by atoms with Crippen LogP contribution in [0.1, 0.15) is 12.8 Å². The van der Waals surface area contributed by atoms with Gasteiger partial charge in [-0.25, -0.2) is 0 Å². The fourth-order valence-corrected chi connectivity index (χ4v) is 0.844. The first-order chi connectivity index (χ1) is 5.41. The lowest BCUT2D eigenvalue weighted by Gasteiger charge is -2.19. The Morgan fingerprint density at radius 3 is 2.33 bits per heavy atom. The number of aliphatic hydroxyl groups is 1. The standard InChI is InChI=1S/C6H8Cl3NO2/c7-6(8,9)5(12)10-4(11)3-1-2-3/h3,5,12H,1-2H2,(H,10,11). The number of aliphatic hydroxyl groups excluding tert-OH is 1. The van der Waals surface area contributed by atoms with E-state index in [-0.39, 0.29) is 11.8 Å². The first-order valence-electron chi connectivity index (χ1n) is 3.46. The molecule has 0 aromatic rings. The summed E-state index contributed by atoms with van der Waals surface area (Å²) in [6.45, 7) is 0. The van der Waals surface area contributed by atoms with Gasteiger partial charge >= 0.3 is 0 Å². The van der Waals surface area contributed by atoms with E-state index in [9.17, 15) is 4.79 Å². The van der Waals surface area contributed by atoms with Crippen LogP contribution in [-0.2, 0) is 4.79 Å². The predicted octanol–water partition coefficient (Wildman–Crippen LogP) is 1.20. The number of hydrogen-bond acceptors (Lipinski definition) is 2. The van der Waals surface area contributed by atoms with Gasteiger partial charge in [0, 0.05) is 5.92 Å². The highest BCUT2D eigenvalue weighted by Crippen LogP contribution is 2.32. The summed E-state index contributed by atoms with van der Waals surface area (Å²) in [7, 11) is 0. The first-order valence-corrected chi connectivity index (χ1v) is 4.60. The Kier molecular flexibility index (Phi) is 3.10. The van der Waals surface area contributed by atoms with Crippen LogP contribution in [0.2, 0.25) is 0 Å². The highest BCUT2D eigenvalue weighted by atomic mass is 35.6. The molecule has 1 saturated carbocycles. The number of amides is 1. The molecule has 0 aromatic carbocycles. The summed E-state index contributed by atoms with van der Waals surface area (Å²) in [5.41, 5.74) is 0. The molecule has 1 atom stereocenters. The maximum atomic E-state index is 11.0. The maximum Gasteiger partial charge on any atom is 0.234 e. The minimum atomic E-state index is -1.86. The van der Waals surface area contributed by atoms with Gasteiger partial charge < -0.3 is 10.4 Å². The molecule has 0 aromatic heterocycles. The Morgan fingerprint density at radius 1 is 1.50 bits per heavy atom. The van der Waals surface area contributed by atoms with Gasteiger partial charge in [0.1, 0.15) is 0 Å². The van der Waals surface area contributed by atoms with Crippen molar-refractivity contribution in [3.8, 4) is 0 Å². The van der Waals surface area contributed by atoms with Crippen LogP contribution < -0.4 is 5.32 Å². The van der Waals surface area contributed by atoms with Gasteiger partial charge in [0.25, 0.3) is 0 Å². The molecule has 12 heavy (non-hydrogen) atoms. The molecular formula is C6H8Cl3NO2. The van der Waals surface area contributed by atoms with Gasteiger partial charge in [-0.1, -0.05) is 34.8 Å². The Morgan fingerprint density at radius 2 is 2.00 bits per heavy atom. The normalized spacial score (nSPS) is 20.3. The van der Waals surface area contributed by atoms with Gasteiger partial charge in [-0.2, -0.15) is 0 Å². The quantitative estimate of drug-likeness (QED) is 0.555. The van der Waals surface area contributed by atoms with E-state index in [0.29, 0.717) is 0 Å². The number of hydrogen-bond donors (Lipinski definition) is 2. The van der Waals surface area contributed by atoms with Crippen molar-refractivity contribution in [3.63, 3.8) is 0 Å². The minimum Gasteiger partial charge on any atom is -0.369 e. The zero-order valence-corrected chi connectivity index (χ0v) is 8.33. The minimum absolute atomic E-state index is 0.00741. The molecule has 0 spiro atoms. The van der Waals surface area contributed by atoms with E-state index in [2.05, 4.69) is 5.32 Å². The molecule has 1 aliphatic rings. The average molecular weight is 232 g/mol. The SMILES string of the molecule is O=C(NC(O)C(Cl)(Cl)Cl)C1CC1. The molecule has 1 amide bonds. The molecule has 0 radical (unpaired) electrons. The summed E-state index contributed by atoms with van der Waals surface area (Å²) in [5.74, 6) is -0.263. The average Bonchev–Trinajstić information content (AvgIpc) is 2.65.